The lowest BCUT2D eigenvalue weighted by Gasteiger charge is -2.18. The molecular formula is C69H104O6. The van der Waals surface area contributed by atoms with Gasteiger partial charge in [0.25, 0.3) is 0 Å². The van der Waals surface area contributed by atoms with E-state index in [1.54, 1.807) is 0 Å². The van der Waals surface area contributed by atoms with Crippen LogP contribution in [0, 0.1) is 0 Å². The molecule has 0 aliphatic carbocycles. The third-order valence-electron chi connectivity index (χ3n) is 11.4. The number of rotatable bonds is 50. The minimum atomic E-state index is -0.837. The first-order valence-corrected chi connectivity index (χ1v) is 29.3. The highest BCUT2D eigenvalue weighted by Crippen LogP contribution is 2.12. The third kappa shape index (κ3) is 59.3. The monoisotopic (exact) mass is 1030 g/mol. The first-order valence-electron chi connectivity index (χ1n) is 29.3. The maximum absolute atomic E-state index is 12.8. The van der Waals surface area contributed by atoms with Crippen molar-refractivity contribution < 1.29 is 28.6 Å². The van der Waals surface area contributed by atoms with Gasteiger partial charge in [-0.25, -0.2) is 0 Å². The summed E-state index contributed by atoms with van der Waals surface area (Å²) in [4.78, 5) is 38.1. The summed E-state index contributed by atoms with van der Waals surface area (Å²) in [5.74, 6) is -1.07. The topological polar surface area (TPSA) is 78.9 Å². The number of hydrogen-bond acceptors (Lipinski definition) is 6. The summed E-state index contributed by atoms with van der Waals surface area (Å²) in [5, 5.41) is 0. The lowest BCUT2D eigenvalue weighted by atomic mass is 10.1. The number of allylic oxidation sites excluding steroid dienone is 30. The first kappa shape index (κ1) is 69.5. The van der Waals surface area contributed by atoms with Crippen molar-refractivity contribution in [3.63, 3.8) is 0 Å². The molecule has 0 heterocycles. The van der Waals surface area contributed by atoms with Gasteiger partial charge >= 0.3 is 17.9 Å². The lowest BCUT2D eigenvalue weighted by molar-refractivity contribution is -0.166. The molecule has 6 heteroatoms. The number of carbonyl (C=O) groups excluding carboxylic acids is 3. The number of esters is 3. The van der Waals surface area contributed by atoms with Crippen LogP contribution in [0.4, 0.5) is 0 Å². The molecule has 75 heavy (non-hydrogen) atoms. The standard InChI is InChI=1S/C69H104O6/c1-4-7-10-13-16-19-22-25-27-28-29-30-31-32-33-34-35-36-37-38-39-40-42-44-47-50-53-56-59-62-68(71)74-65-66(64-73-67(70)61-58-55-52-49-46-43-24-21-18-15-12-9-6-3)75-69(72)63-60-57-54-51-48-45-41-26-23-20-17-14-11-8-5-2/h7-12,16-21,25-27,29-30,32-33,35-36,38-39,41-44,46,52,55,66H,4-6,13-15,22-24,28,31,34,37,40,45,47-51,53-54,56-65H2,1-3H3/b10-7-,11-8-,12-9-,19-16-,20-17-,21-18-,27-25-,30-29-,33-32-,36-35-,39-38-,41-26-,44-42-,46-43-,55-52-. The minimum Gasteiger partial charge on any atom is -0.462 e. The van der Waals surface area contributed by atoms with Gasteiger partial charge in [0.1, 0.15) is 13.2 Å². The van der Waals surface area contributed by atoms with Gasteiger partial charge in [0, 0.05) is 19.3 Å². The molecule has 0 saturated carbocycles. The fraction of sp³-hybridized carbons (Fsp3) is 0.522. The van der Waals surface area contributed by atoms with Crippen molar-refractivity contribution in [1.29, 1.82) is 0 Å². The fourth-order valence-corrected chi connectivity index (χ4v) is 7.13. The summed E-state index contributed by atoms with van der Waals surface area (Å²) >= 11 is 0. The van der Waals surface area contributed by atoms with Crippen LogP contribution in [-0.2, 0) is 28.6 Å². The van der Waals surface area contributed by atoms with E-state index in [4.69, 9.17) is 14.2 Å². The number of hydrogen-bond donors (Lipinski definition) is 0. The Morgan fingerprint density at radius 3 is 0.827 bits per heavy atom. The highest BCUT2D eigenvalue weighted by molar-refractivity contribution is 5.71. The van der Waals surface area contributed by atoms with Gasteiger partial charge in [0.15, 0.2) is 6.10 Å². The van der Waals surface area contributed by atoms with Gasteiger partial charge in [-0.1, -0.05) is 235 Å². The molecule has 0 N–H and O–H groups in total. The van der Waals surface area contributed by atoms with Gasteiger partial charge in [-0.15, -0.1) is 0 Å². The largest absolute Gasteiger partial charge is 0.462 e. The molecule has 0 aliphatic heterocycles. The molecule has 6 nitrogen and oxygen atoms in total. The molecule has 0 saturated heterocycles. The Kier molecular flexibility index (Phi) is 56.6. The Morgan fingerprint density at radius 1 is 0.267 bits per heavy atom. The molecule has 1 atom stereocenters. The molecule has 0 aliphatic rings. The number of carbonyl (C=O) groups is 3. The molecule has 0 fully saturated rings. The van der Waals surface area contributed by atoms with Crippen LogP contribution >= 0.6 is 0 Å². The molecule has 0 amide bonds. The van der Waals surface area contributed by atoms with Crippen LogP contribution in [0.2, 0.25) is 0 Å². The van der Waals surface area contributed by atoms with Crippen molar-refractivity contribution in [2.24, 2.45) is 0 Å². The maximum atomic E-state index is 12.8. The van der Waals surface area contributed by atoms with Crippen molar-refractivity contribution in [3.8, 4) is 0 Å². The van der Waals surface area contributed by atoms with Gasteiger partial charge < -0.3 is 14.2 Å². The molecule has 0 radical (unpaired) electrons. The van der Waals surface area contributed by atoms with Crippen molar-refractivity contribution in [1.82, 2.24) is 0 Å². The van der Waals surface area contributed by atoms with Crippen LogP contribution in [0.3, 0.4) is 0 Å². The van der Waals surface area contributed by atoms with E-state index in [0.29, 0.717) is 12.8 Å². The molecule has 0 aromatic carbocycles. The average molecular weight is 1030 g/mol. The third-order valence-corrected chi connectivity index (χ3v) is 11.4. The number of unbranched alkanes of at least 4 members (excludes halogenated alkanes) is 9. The molecule has 0 spiro atoms. The molecule has 1 unspecified atom stereocenters. The normalized spacial score (nSPS) is 13.5. The van der Waals surface area contributed by atoms with Crippen molar-refractivity contribution in [2.75, 3.05) is 13.2 Å². The quantitative estimate of drug-likeness (QED) is 0.0261. The van der Waals surface area contributed by atoms with Crippen LogP contribution in [-0.4, -0.2) is 37.2 Å². The maximum Gasteiger partial charge on any atom is 0.306 e. The van der Waals surface area contributed by atoms with E-state index in [0.717, 1.165) is 167 Å². The smallest absolute Gasteiger partial charge is 0.306 e. The van der Waals surface area contributed by atoms with Crippen LogP contribution in [0.1, 0.15) is 213 Å². The average Bonchev–Trinajstić information content (AvgIpc) is 3.41. The van der Waals surface area contributed by atoms with Crippen LogP contribution in [0.15, 0.2) is 182 Å². The number of ether oxygens (including phenoxy) is 3. The fourth-order valence-electron chi connectivity index (χ4n) is 7.13. The van der Waals surface area contributed by atoms with Crippen molar-refractivity contribution in [2.45, 2.75) is 219 Å². The molecule has 416 valence electrons. The summed E-state index contributed by atoms with van der Waals surface area (Å²) in [6.07, 6.45) is 91.9. The Hall–Kier alpha value is -5.49. The second kappa shape index (κ2) is 61.1. The van der Waals surface area contributed by atoms with Gasteiger partial charge in [-0.2, -0.15) is 0 Å². The summed E-state index contributed by atoms with van der Waals surface area (Å²) in [7, 11) is 0. The summed E-state index contributed by atoms with van der Waals surface area (Å²) in [6, 6.07) is 0. The van der Waals surface area contributed by atoms with Crippen molar-refractivity contribution in [3.05, 3.63) is 182 Å². The van der Waals surface area contributed by atoms with Crippen LogP contribution in [0.25, 0.3) is 0 Å². The highest BCUT2D eigenvalue weighted by Gasteiger charge is 2.19. The van der Waals surface area contributed by atoms with Crippen LogP contribution < -0.4 is 0 Å². The lowest BCUT2D eigenvalue weighted by Crippen LogP contribution is -2.30. The summed E-state index contributed by atoms with van der Waals surface area (Å²) in [6.45, 7) is 6.17. The van der Waals surface area contributed by atoms with Gasteiger partial charge in [-0.05, 0) is 141 Å². The Balaban J connectivity index is 4.47. The first-order chi connectivity index (χ1) is 37.0. The van der Waals surface area contributed by atoms with E-state index < -0.39 is 6.10 Å². The Morgan fingerprint density at radius 2 is 0.507 bits per heavy atom. The van der Waals surface area contributed by atoms with E-state index in [-0.39, 0.29) is 44.0 Å². The minimum absolute atomic E-state index is 0.130. The Bertz CT molecular complexity index is 1800. The SMILES string of the molecule is CC/C=C\C/C=C\C/C=C\C/C=C\C/C=C\C/C=C\C/C=C\C/C=C\CCCCCCC(=O)OCC(COC(=O)CC/C=C\C/C=C\C/C=C\C/C=C\CC)OC(=O)CCCCCCC/C=C\C/C=C\C/C=C\CC. The van der Waals surface area contributed by atoms with Crippen molar-refractivity contribution >= 4 is 17.9 Å². The second-order valence-corrected chi connectivity index (χ2v) is 18.4. The van der Waals surface area contributed by atoms with Gasteiger partial charge in [-0.3, -0.25) is 14.4 Å². The zero-order chi connectivity index (χ0) is 54.3. The van der Waals surface area contributed by atoms with E-state index in [2.05, 4.69) is 191 Å². The van der Waals surface area contributed by atoms with E-state index in [1.165, 1.54) is 0 Å². The zero-order valence-corrected chi connectivity index (χ0v) is 47.5. The predicted octanol–water partition coefficient (Wildman–Crippen LogP) is 20.1. The summed E-state index contributed by atoms with van der Waals surface area (Å²) in [5.41, 5.74) is 0. The molecular weight excluding hydrogens is 925 g/mol. The second-order valence-electron chi connectivity index (χ2n) is 18.4. The molecule has 0 aromatic rings. The molecule has 0 aromatic heterocycles. The zero-order valence-electron chi connectivity index (χ0n) is 47.5. The van der Waals surface area contributed by atoms with E-state index >= 15 is 0 Å². The van der Waals surface area contributed by atoms with E-state index in [1.807, 2.05) is 12.2 Å². The van der Waals surface area contributed by atoms with Crippen LogP contribution in [0.5, 0.6) is 0 Å². The predicted molar refractivity (Wildman–Crippen MR) is 324 cm³/mol. The molecule has 0 rings (SSSR count). The van der Waals surface area contributed by atoms with E-state index in [9.17, 15) is 14.4 Å². The Labute approximate surface area is 459 Å². The van der Waals surface area contributed by atoms with Gasteiger partial charge in [0.05, 0.1) is 0 Å². The van der Waals surface area contributed by atoms with Gasteiger partial charge in [0.2, 0.25) is 0 Å². The summed E-state index contributed by atoms with van der Waals surface area (Å²) < 4.78 is 16.7. The highest BCUT2D eigenvalue weighted by atomic mass is 16.6. The molecule has 0 bridgehead atoms.